The van der Waals surface area contributed by atoms with Gasteiger partial charge in [0, 0.05) is 6.42 Å². The van der Waals surface area contributed by atoms with Gasteiger partial charge in [-0.2, -0.15) is 0 Å². The average Bonchev–Trinajstić information content (AvgIpc) is 2.82. The minimum absolute atomic E-state index is 0.148. The predicted molar refractivity (Wildman–Crippen MR) is 79.9 cm³/mol. The van der Waals surface area contributed by atoms with E-state index >= 15 is 0 Å². The molecule has 0 N–H and O–H groups in total. The zero-order valence-corrected chi connectivity index (χ0v) is 13.0. The number of alkyl halides is 1. The summed E-state index contributed by atoms with van der Waals surface area (Å²) in [6.45, 7) is 2.07. The van der Waals surface area contributed by atoms with Crippen LogP contribution in [-0.4, -0.2) is 0 Å². The van der Waals surface area contributed by atoms with Crippen molar-refractivity contribution in [3.05, 3.63) is 57.5 Å². The van der Waals surface area contributed by atoms with Crippen molar-refractivity contribution in [1.82, 2.24) is 0 Å². The van der Waals surface area contributed by atoms with Crippen LogP contribution in [0.4, 0.5) is 0 Å². The average molecular weight is 348 g/mol. The van der Waals surface area contributed by atoms with Crippen molar-refractivity contribution < 1.29 is 4.42 Å². The van der Waals surface area contributed by atoms with Crippen LogP contribution < -0.4 is 0 Å². The molecule has 0 saturated carbocycles. The summed E-state index contributed by atoms with van der Waals surface area (Å²) in [6, 6.07) is 9.71. The summed E-state index contributed by atoms with van der Waals surface area (Å²) in [7, 11) is 0. The minimum atomic E-state index is 0.148. The van der Waals surface area contributed by atoms with Crippen LogP contribution in [0.25, 0.3) is 0 Å². The van der Waals surface area contributed by atoms with E-state index < -0.39 is 0 Å². The quantitative estimate of drug-likeness (QED) is 0.634. The molecule has 0 bridgehead atoms. The Morgan fingerprint density at radius 3 is 2.56 bits per heavy atom. The molecule has 2 aromatic rings. The first-order chi connectivity index (χ1) is 8.60. The first-order valence-corrected chi connectivity index (χ1v) is 7.44. The van der Waals surface area contributed by atoms with Crippen molar-refractivity contribution in [2.45, 2.75) is 24.6 Å². The molecule has 0 aliphatic rings. The standard InChI is InChI=1S/C14H13BrCl2O/c1-2-10-4-6-14(18-10)11(15)7-9-3-5-12(16)13(17)8-9/h3-6,8,11H,2,7H2,1H3. The van der Waals surface area contributed by atoms with Crippen molar-refractivity contribution >= 4 is 39.1 Å². The highest BCUT2D eigenvalue weighted by atomic mass is 79.9. The van der Waals surface area contributed by atoms with E-state index in [9.17, 15) is 0 Å². The molecule has 18 heavy (non-hydrogen) atoms. The lowest BCUT2D eigenvalue weighted by atomic mass is 10.1. The topological polar surface area (TPSA) is 13.1 Å². The zero-order chi connectivity index (χ0) is 13.1. The third-order valence-electron chi connectivity index (χ3n) is 2.74. The number of aryl methyl sites for hydroxylation is 1. The first kappa shape index (κ1) is 14.0. The van der Waals surface area contributed by atoms with E-state index in [1.165, 1.54) is 0 Å². The number of furan rings is 1. The highest BCUT2D eigenvalue weighted by Gasteiger charge is 2.13. The Morgan fingerprint density at radius 1 is 1.17 bits per heavy atom. The molecule has 1 heterocycles. The molecule has 96 valence electrons. The molecule has 0 aliphatic heterocycles. The predicted octanol–water partition coefficient (Wildman–Crippen LogP) is 5.83. The van der Waals surface area contributed by atoms with Crippen molar-refractivity contribution in [2.24, 2.45) is 0 Å². The third-order valence-corrected chi connectivity index (χ3v) is 4.25. The highest BCUT2D eigenvalue weighted by Crippen LogP contribution is 2.31. The van der Waals surface area contributed by atoms with Crippen molar-refractivity contribution in [2.75, 3.05) is 0 Å². The summed E-state index contributed by atoms with van der Waals surface area (Å²) in [4.78, 5) is 0.148. The van der Waals surface area contributed by atoms with Gasteiger partial charge in [-0.25, -0.2) is 0 Å². The van der Waals surface area contributed by atoms with Crippen LogP contribution in [0.1, 0.15) is 28.8 Å². The second-order valence-corrected chi connectivity index (χ2v) is 6.00. The van der Waals surface area contributed by atoms with Gasteiger partial charge in [0.05, 0.1) is 14.9 Å². The lowest BCUT2D eigenvalue weighted by Gasteiger charge is -2.08. The summed E-state index contributed by atoms with van der Waals surface area (Å²) in [6.07, 6.45) is 1.72. The molecule has 1 aromatic heterocycles. The minimum Gasteiger partial charge on any atom is -0.465 e. The van der Waals surface area contributed by atoms with Crippen LogP contribution in [-0.2, 0) is 12.8 Å². The maximum absolute atomic E-state index is 6.00. The summed E-state index contributed by atoms with van der Waals surface area (Å²) in [5.74, 6) is 1.95. The second kappa shape index (κ2) is 6.14. The van der Waals surface area contributed by atoms with Crippen LogP contribution in [0, 0.1) is 0 Å². The van der Waals surface area contributed by atoms with Gasteiger partial charge in [-0.3, -0.25) is 0 Å². The van der Waals surface area contributed by atoms with E-state index in [1.807, 2.05) is 30.3 Å². The fourth-order valence-corrected chi connectivity index (χ4v) is 2.67. The molecule has 1 aromatic carbocycles. The number of hydrogen-bond donors (Lipinski definition) is 0. The van der Waals surface area contributed by atoms with E-state index in [0.29, 0.717) is 10.0 Å². The molecular weight excluding hydrogens is 335 g/mol. The second-order valence-electron chi connectivity index (χ2n) is 4.08. The smallest absolute Gasteiger partial charge is 0.118 e. The van der Waals surface area contributed by atoms with Gasteiger partial charge in [-0.15, -0.1) is 0 Å². The fraction of sp³-hybridized carbons (Fsp3) is 0.286. The molecule has 1 unspecified atom stereocenters. The Hall–Kier alpha value is -0.440. The molecule has 0 radical (unpaired) electrons. The van der Waals surface area contributed by atoms with Crippen LogP contribution in [0.5, 0.6) is 0 Å². The van der Waals surface area contributed by atoms with Crippen molar-refractivity contribution in [1.29, 1.82) is 0 Å². The van der Waals surface area contributed by atoms with E-state index in [-0.39, 0.29) is 4.83 Å². The Morgan fingerprint density at radius 2 is 1.94 bits per heavy atom. The van der Waals surface area contributed by atoms with Gasteiger partial charge in [0.25, 0.3) is 0 Å². The third kappa shape index (κ3) is 3.31. The summed E-state index contributed by atoms with van der Waals surface area (Å²) < 4.78 is 5.71. The Balaban J connectivity index is 2.10. The SMILES string of the molecule is CCc1ccc(C(Br)Cc2ccc(Cl)c(Cl)c2)o1. The lowest BCUT2D eigenvalue weighted by Crippen LogP contribution is -1.94. The van der Waals surface area contributed by atoms with E-state index in [2.05, 4.69) is 22.9 Å². The highest BCUT2D eigenvalue weighted by molar-refractivity contribution is 9.09. The Bertz CT molecular complexity index is 536. The molecule has 1 atom stereocenters. The molecular formula is C14H13BrCl2O. The van der Waals surface area contributed by atoms with Crippen molar-refractivity contribution in [3.63, 3.8) is 0 Å². The molecule has 0 spiro atoms. The van der Waals surface area contributed by atoms with Crippen LogP contribution in [0.2, 0.25) is 10.0 Å². The normalized spacial score (nSPS) is 12.7. The largest absolute Gasteiger partial charge is 0.465 e. The summed E-state index contributed by atoms with van der Waals surface area (Å²) >= 11 is 15.5. The maximum atomic E-state index is 6.00. The summed E-state index contributed by atoms with van der Waals surface area (Å²) in [5, 5.41) is 1.17. The number of halogens is 3. The van der Waals surface area contributed by atoms with E-state index in [4.69, 9.17) is 27.6 Å². The van der Waals surface area contributed by atoms with Crippen molar-refractivity contribution in [3.8, 4) is 0 Å². The zero-order valence-electron chi connectivity index (χ0n) is 9.92. The first-order valence-electron chi connectivity index (χ1n) is 5.76. The fourth-order valence-electron chi connectivity index (χ4n) is 1.73. The van der Waals surface area contributed by atoms with E-state index in [1.54, 1.807) is 0 Å². The van der Waals surface area contributed by atoms with Gasteiger partial charge in [-0.05, 0) is 36.2 Å². The number of rotatable bonds is 4. The Kier molecular flexibility index (Phi) is 4.77. The van der Waals surface area contributed by atoms with Crippen LogP contribution in [0.15, 0.2) is 34.7 Å². The number of hydrogen-bond acceptors (Lipinski definition) is 1. The Labute approximate surface area is 125 Å². The molecule has 0 amide bonds. The van der Waals surface area contributed by atoms with Gasteiger partial charge in [-0.1, -0.05) is 52.1 Å². The van der Waals surface area contributed by atoms with E-state index in [0.717, 1.165) is 29.9 Å². The van der Waals surface area contributed by atoms with Crippen LogP contribution in [0.3, 0.4) is 0 Å². The van der Waals surface area contributed by atoms with Gasteiger partial charge < -0.3 is 4.42 Å². The molecule has 1 nitrogen and oxygen atoms in total. The summed E-state index contributed by atoms with van der Waals surface area (Å²) in [5.41, 5.74) is 1.13. The lowest BCUT2D eigenvalue weighted by molar-refractivity contribution is 0.467. The molecule has 0 saturated heterocycles. The van der Waals surface area contributed by atoms with Gasteiger partial charge in [0.2, 0.25) is 0 Å². The van der Waals surface area contributed by atoms with Gasteiger partial charge in [0.1, 0.15) is 11.5 Å². The monoisotopic (exact) mass is 346 g/mol. The molecule has 4 heteroatoms. The molecule has 2 rings (SSSR count). The maximum Gasteiger partial charge on any atom is 0.118 e. The number of benzene rings is 1. The van der Waals surface area contributed by atoms with Gasteiger partial charge >= 0.3 is 0 Å². The van der Waals surface area contributed by atoms with Crippen LogP contribution >= 0.6 is 39.1 Å². The van der Waals surface area contributed by atoms with Gasteiger partial charge in [0.15, 0.2) is 0 Å². The molecule has 0 aliphatic carbocycles. The molecule has 0 fully saturated rings.